The highest BCUT2D eigenvalue weighted by atomic mass is 32.2. The Kier molecular flexibility index (Phi) is 6.12. The molecule has 0 saturated carbocycles. The lowest BCUT2D eigenvalue weighted by Crippen LogP contribution is -2.35. The van der Waals surface area contributed by atoms with Crippen LogP contribution in [0.1, 0.15) is 49.8 Å². The summed E-state index contributed by atoms with van der Waals surface area (Å²) < 4.78 is 4.72. The third-order valence-corrected chi connectivity index (χ3v) is 5.44. The van der Waals surface area contributed by atoms with Crippen molar-refractivity contribution in [2.75, 3.05) is 19.4 Å². The van der Waals surface area contributed by atoms with E-state index in [0.29, 0.717) is 23.6 Å². The number of hydrogen-bond donors (Lipinski definition) is 1. The van der Waals surface area contributed by atoms with Crippen molar-refractivity contribution in [2.45, 2.75) is 43.9 Å². The predicted octanol–water partition coefficient (Wildman–Crippen LogP) is 3.51. The maximum atomic E-state index is 11.3. The molecule has 0 fully saturated rings. The second-order valence-corrected chi connectivity index (χ2v) is 6.88. The molecule has 0 radical (unpaired) electrons. The third-order valence-electron chi connectivity index (χ3n) is 4.11. The van der Waals surface area contributed by atoms with Gasteiger partial charge in [0.1, 0.15) is 0 Å². The van der Waals surface area contributed by atoms with E-state index in [1.165, 1.54) is 18.2 Å². The molecule has 1 aliphatic carbocycles. The molecule has 0 heterocycles. The molecule has 0 bridgehead atoms. The predicted molar refractivity (Wildman–Crippen MR) is 88.8 cm³/mol. The zero-order valence-electron chi connectivity index (χ0n) is 13.1. The maximum absolute atomic E-state index is 11.3. The summed E-state index contributed by atoms with van der Waals surface area (Å²) in [7, 11) is 1.45. The van der Waals surface area contributed by atoms with E-state index in [4.69, 9.17) is 4.74 Å². The van der Waals surface area contributed by atoms with Crippen molar-refractivity contribution in [3.8, 4) is 0 Å². The van der Waals surface area contributed by atoms with Crippen LogP contribution in [0.3, 0.4) is 0 Å². The molecule has 21 heavy (non-hydrogen) atoms. The Morgan fingerprint density at radius 3 is 2.76 bits per heavy atom. The van der Waals surface area contributed by atoms with Gasteiger partial charge < -0.3 is 10.1 Å². The minimum atomic E-state index is -0.119. The minimum Gasteiger partial charge on any atom is -0.469 e. The fourth-order valence-electron chi connectivity index (χ4n) is 3.08. The number of fused-ring (bicyclic) bond motifs is 1. The van der Waals surface area contributed by atoms with Crippen molar-refractivity contribution in [1.29, 1.82) is 0 Å². The number of nitrogens with one attached hydrogen (secondary N) is 1. The molecule has 0 amide bonds. The molecular weight excluding hydrogens is 282 g/mol. The summed E-state index contributed by atoms with van der Waals surface area (Å²) in [4.78, 5) is 11.3. The van der Waals surface area contributed by atoms with E-state index >= 15 is 0 Å². The highest BCUT2D eigenvalue weighted by molar-refractivity contribution is 7.99. The van der Waals surface area contributed by atoms with Crippen molar-refractivity contribution in [2.24, 2.45) is 0 Å². The number of hydrogen-bond acceptors (Lipinski definition) is 4. The van der Waals surface area contributed by atoms with Crippen molar-refractivity contribution >= 4 is 17.7 Å². The molecule has 1 aromatic rings. The van der Waals surface area contributed by atoms with Crippen LogP contribution in [0.2, 0.25) is 0 Å². The smallest absolute Gasteiger partial charge is 0.306 e. The van der Waals surface area contributed by atoms with Gasteiger partial charge in [0.05, 0.1) is 13.5 Å². The average molecular weight is 307 g/mol. The van der Waals surface area contributed by atoms with E-state index < -0.39 is 0 Å². The van der Waals surface area contributed by atoms with Gasteiger partial charge in [-0.15, -0.1) is 0 Å². The second-order valence-electron chi connectivity index (χ2n) is 5.54. The standard InChI is InChI=1S/C17H25NO2S/c1-4-18-17-14-8-6-5-7-13(14)12(2)11-15(17)21-10-9-16(19)20-3/h5-8,12,15,17-18H,4,9-11H2,1-3H3. The Balaban J connectivity index is 2.08. The zero-order valence-corrected chi connectivity index (χ0v) is 13.9. The number of methoxy groups -OCH3 is 1. The first kappa shape index (κ1) is 16.4. The normalized spacial score (nSPS) is 24.4. The van der Waals surface area contributed by atoms with Gasteiger partial charge in [-0.25, -0.2) is 0 Å². The molecule has 3 unspecified atom stereocenters. The lowest BCUT2D eigenvalue weighted by Gasteiger charge is -2.37. The second kappa shape index (κ2) is 7.85. The molecular formula is C17H25NO2S. The van der Waals surface area contributed by atoms with Crippen molar-refractivity contribution in [3.63, 3.8) is 0 Å². The van der Waals surface area contributed by atoms with Gasteiger partial charge in [-0.1, -0.05) is 38.1 Å². The van der Waals surface area contributed by atoms with E-state index in [9.17, 15) is 4.79 Å². The first-order valence-electron chi connectivity index (χ1n) is 7.68. The number of benzene rings is 1. The van der Waals surface area contributed by atoms with Crippen LogP contribution in [-0.4, -0.2) is 30.6 Å². The van der Waals surface area contributed by atoms with Crippen LogP contribution in [0, 0.1) is 0 Å². The SMILES string of the molecule is CCNC1c2ccccc2C(C)CC1SCCC(=O)OC. The van der Waals surface area contributed by atoms with Crippen molar-refractivity contribution in [1.82, 2.24) is 5.32 Å². The Morgan fingerprint density at radius 1 is 1.38 bits per heavy atom. The van der Waals surface area contributed by atoms with Crippen LogP contribution in [-0.2, 0) is 9.53 Å². The molecule has 3 nitrogen and oxygen atoms in total. The van der Waals surface area contributed by atoms with Crippen LogP contribution in [0.4, 0.5) is 0 Å². The zero-order chi connectivity index (χ0) is 15.2. The van der Waals surface area contributed by atoms with Gasteiger partial charge in [0.15, 0.2) is 0 Å². The van der Waals surface area contributed by atoms with Crippen LogP contribution in [0.25, 0.3) is 0 Å². The summed E-state index contributed by atoms with van der Waals surface area (Å²) >= 11 is 1.89. The largest absolute Gasteiger partial charge is 0.469 e. The molecule has 1 aliphatic rings. The summed E-state index contributed by atoms with van der Waals surface area (Å²) in [5.74, 6) is 1.28. The van der Waals surface area contributed by atoms with Gasteiger partial charge in [0.25, 0.3) is 0 Å². The molecule has 4 heteroatoms. The van der Waals surface area contributed by atoms with E-state index in [1.807, 2.05) is 11.8 Å². The van der Waals surface area contributed by atoms with Crippen LogP contribution < -0.4 is 5.32 Å². The lowest BCUT2D eigenvalue weighted by molar-refractivity contribution is -0.140. The Labute approximate surface area is 131 Å². The molecule has 1 N–H and O–H groups in total. The monoisotopic (exact) mass is 307 g/mol. The topological polar surface area (TPSA) is 38.3 Å². The molecule has 1 aromatic carbocycles. The Hall–Kier alpha value is -1.00. The Morgan fingerprint density at radius 2 is 2.10 bits per heavy atom. The molecule has 0 aliphatic heterocycles. The van der Waals surface area contributed by atoms with E-state index in [0.717, 1.165) is 18.7 Å². The van der Waals surface area contributed by atoms with Crippen LogP contribution in [0.15, 0.2) is 24.3 Å². The number of esters is 1. The van der Waals surface area contributed by atoms with Crippen LogP contribution >= 0.6 is 11.8 Å². The van der Waals surface area contributed by atoms with Crippen LogP contribution in [0.5, 0.6) is 0 Å². The van der Waals surface area contributed by atoms with Gasteiger partial charge in [0.2, 0.25) is 0 Å². The van der Waals surface area contributed by atoms with Gasteiger partial charge in [-0.2, -0.15) is 11.8 Å². The summed E-state index contributed by atoms with van der Waals surface area (Å²) in [6.45, 7) is 5.41. The summed E-state index contributed by atoms with van der Waals surface area (Å²) in [5, 5.41) is 4.14. The maximum Gasteiger partial charge on any atom is 0.306 e. The van der Waals surface area contributed by atoms with Gasteiger partial charge in [-0.3, -0.25) is 4.79 Å². The molecule has 0 spiro atoms. The van der Waals surface area contributed by atoms with Gasteiger partial charge in [0, 0.05) is 17.0 Å². The van der Waals surface area contributed by atoms with E-state index in [2.05, 4.69) is 43.4 Å². The van der Waals surface area contributed by atoms with Gasteiger partial charge >= 0.3 is 5.97 Å². The quantitative estimate of drug-likeness (QED) is 0.816. The summed E-state index contributed by atoms with van der Waals surface area (Å²) in [5.41, 5.74) is 2.89. The molecule has 2 rings (SSSR count). The number of rotatable bonds is 6. The average Bonchev–Trinajstić information content (AvgIpc) is 2.50. The van der Waals surface area contributed by atoms with Crippen molar-refractivity contribution in [3.05, 3.63) is 35.4 Å². The summed E-state index contributed by atoms with van der Waals surface area (Å²) in [6.07, 6.45) is 1.65. The summed E-state index contributed by atoms with van der Waals surface area (Å²) in [6, 6.07) is 9.12. The molecule has 116 valence electrons. The fourth-order valence-corrected chi connectivity index (χ4v) is 4.52. The third kappa shape index (κ3) is 4.01. The van der Waals surface area contributed by atoms with E-state index in [1.54, 1.807) is 0 Å². The number of ether oxygens (including phenoxy) is 1. The Bertz CT molecular complexity index is 478. The first-order chi connectivity index (χ1) is 10.2. The number of carbonyl (C=O) groups excluding carboxylic acids is 1. The highest BCUT2D eigenvalue weighted by Crippen LogP contribution is 2.42. The lowest BCUT2D eigenvalue weighted by atomic mass is 9.80. The number of carbonyl (C=O) groups is 1. The molecule has 0 aromatic heterocycles. The fraction of sp³-hybridized carbons (Fsp3) is 0.588. The number of thioether (sulfide) groups is 1. The molecule has 0 saturated heterocycles. The van der Waals surface area contributed by atoms with Crippen molar-refractivity contribution < 1.29 is 9.53 Å². The highest BCUT2D eigenvalue weighted by Gasteiger charge is 2.32. The minimum absolute atomic E-state index is 0.119. The van der Waals surface area contributed by atoms with E-state index in [-0.39, 0.29) is 5.97 Å². The molecule has 3 atom stereocenters. The first-order valence-corrected chi connectivity index (χ1v) is 8.72. The van der Waals surface area contributed by atoms with Gasteiger partial charge in [-0.05, 0) is 30.0 Å².